The fraction of sp³-hybridized carbons (Fsp3) is 0.231. The molecule has 0 spiro atoms. The first kappa shape index (κ1) is 15.3. The summed E-state index contributed by atoms with van der Waals surface area (Å²) in [7, 11) is -3.64. The van der Waals surface area contributed by atoms with E-state index in [0.29, 0.717) is 17.9 Å². The minimum atomic E-state index is -3.64. The summed E-state index contributed by atoms with van der Waals surface area (Å²) >= 11 is 2.07. The number of aliphatic hydroxyl groups is 1. The highest BCUT2D eigenvalue weighted by molar-refractivity contribution is 14.1. The van der Waals surface area contributed by atoms with Crippen molar-refractivity contribution in [3.8, 4) is 0 Å². The summed E-state index contributed by atoms with van der Waals surface area (Å²) in [5.41, 5.74) is 1.12. The van der Waals surface area contributed by atoms with Gasteiger partial charge in [0.2, 0.25) is 0 Å². The molecule has 0 saturated heterocycles. The van der Waals surface area contributed by atoms with E-state index in [2.05, 4.69) is 27.3 Å². The monoisotopic (exact) mass is 406 g/mol. The lowest BCUT2D eigenvalue weighted by Gasteiger charge is -2.08. The molecular formula is C13H15IN2O3S. The molecule has 2 N–H and O–H groups in total. The number of aromatic nitrogens is 1. The zero-order valence-corrected chi connectivity index (χ0v) is 13.8. The Morgan fingerprint density at radius 1 is 1.35 bits per heavy atom. The van der Waals surface area contributed by atoms with Crippen molar-refractivity contribution in [2.45, 2.75) is 25.0 Å². The summed E-state index contributed by atoms with van der Waals surface area (Å²) in [6, 6.07) is 8.65. The second kappa shape index (κ2) is 6.15. The molecule has 0 fully saturated rings. The average molecular weight is 406 g/mol. The van der Waals surface area contributed by atoms with E-state index >= 15 is 0 Å². The van der Waals surface area contributed by atoms with Crippen molar-refractivity contribution in [1.29, 1.82) is 0 Å². The number of hydrogen-bond acceptors (Lipinski definition) is 3. The molecule has 0 bridgehead atoms. The Hall–Kier alpha value is -1.06. The van der Waals surface area contributed by atoms with Gasteiger partial charge in [0, 0.05) is 22.0 Å². The Kier molecular flexibility index (Phi) is 4.71. The lowest BCUT2D eigenvalue weighted by molar-refractivity contribution is 0.271. The van der Waals surface area contributed by atoms with Crippen LogP contribution in [0.3, 0.4) is 0 Å². The molecule has 1 aromatic carbocycles. The summed E-state index contributed by atoms with van der Waals surface area (Å²) < 4.78 is 29.8. The zero-order valence-electron chi connectivity index (χ0n) is 10.9. The predicted octanol–water partition coefficient (Wildman–Crippen LogP) is 2.41. The number of hydrogen-bond donors (Lipinski definition) is 2. The highest BCUT2D eigenvalue weighted by Gasteiger charge is 2.18. The van der Waals surface area contributed by atoms with Crippen LogP contribution in [0.15, 0.2) is 41.4 Å². The van der Waals surface area contributed by atoms with E-state index in [1.165, 1.54) is 12.3 Å². The molecule has 0 amide bonds. The Labute approximate surface area is 131 Å². The molecule has 0 atom stereocenters. The Bertz CT molecular complexity index is 689. The van der Waals surface area contributed by atoms with Crippen LogP contribution in [-0.2, 0) is 23.2 Å². The number of anilines is 1. The predicted molar refractivity (Wildman–Crippen MR) is 86.0 cm³/mol. The minimum absolute atomic E-state index is 0.156. The Morgan fingerprint density at radius 3 is 2.60 bits per heavy atom. The number of aryl methyl sites for hydroxylation is 1. The molecule has 0 radical (unpaired) electrons. The van der Waals surface area contributed by atoms with E-state index in [0.717, 1.165) is 3.57 Å². The number of para-hydroxylation sites is 1. The molecule has 1 aromatic heterocycles. The van der Waals surface area contributed by atoms with Crippen LogP contribution < -0.4 is 4.72 Å². The quantitative estimate of drug-likeness (QED) is 0.750. The summed E-state index contributed by atoms with van der Waals surface area (Å²) in [5, 5.41) is 9.23. The number of halogens is 1. The molecule has 2 aromatic rings. The maximum atomic E-state index is 12.3. The standard InChI is InChI=1S/C13H15IN2O3S/c1-2-16-8-11(7-10(16)9-17)20(18,19)15-13-6-4-3-5-12(13)14/h3-8,15,17H,2,9H2,1H3. The molecule has 20 heavy (non-hydrogen) atoms. The van der Waals surface area contributed by atoms with Crippen LogP contribution in [0.4, 0.5) is 5.69 Å². The summed E-state index contributed by atoms with van der Waals surface area (Å²) in [6.07, 6.45) is 1.53. The van der Waals surface area contributed by atoms with Gasteiger partial charge in [-0.3, -0.25) is 4.72 Å². The number of aliphatic hydroxyl groups excluding tert-OH is 1. The van der Waals surface area contributed by atoms with Crippen molar-refractivity contribution < 1.29 is 13.5 Å². The first-order valence-electron chi connectivity index (χ1n) is 6.05. The van der Waals surface area contributed by atoms with E-state index in [9.17, 15) is 13.5 Å². The molecule has 0 aliphatic carbocycles. The van der Waals surface area contributed by atoms with E-state index in [4.69, 9.17) is 0 Å². The zero-order chi connectivity index (χ0) is 14.8. The van der Waals surface area contributed by atoms with Crippen LogP contribution in [0, 0.1) is 3.57 Å². The lowest BCUT2D eigenvalue weighted by atomic mass is 10.3. The lowest BCUT2D eigenvalue weighted by Crippen LogP contribution is -2.13. The first-order chi connectivity index (χ1) is 9.47. The summed E-state index contributed by atoms with van der Waals surface area (Å²) in [4.78, 5) is 0.156. The SMILES string of the molecule is CCn1cc(S(=O)(=O)Nc2ccccc2I)cc1CO. The molecule has 108 valence electrons. The summed E-state index contributed by atoms with van der Waals surface area (Å²) in [5.74, 6) is 0. The van der Waals surface area contributed by atoms with Crippen LogP contribution in [0.25, 0.3) is 0 Å². The van der Waals surface area contributed by atoms with Crippen LogP contribution in [0.1, 0.15) is 12.6 Å². The van der Waals surface area contributed by atoms with Gasteiger partial charge in [-0.25, -0.2) is 8.42 Å². The smallest absolute Gasteiger partial charge is 0.263 e. The molecule has 1 heterocycles. The third kappa shape index (κ3) is 3.15. The van der Waals surface area contributed by atoms with E-state index in [1.54, 1.807) is 16.7 Å². The van der Waals surface area contributed by atoms with E-state index < -0.39 is 10.0 Å². The second-order valence-electron chi connectivity index (χ2n) is 4.20. The third-order valence-corrected chi connectivity index (χ3v) is 5.17. The van der Waals surface area contributed by atoms with Gasteiger partial charge in [-0.2, -0.15) is 0 Å². The molecule has 0 aliphatic rings. The fourth-order valence-corrected chi connectivity index (χ4v) is 3.69. The van der Waals surface area contributed by atoms with E-state index in [-0.39, 0.29) is 11.5 Å². The van der Waals surface area contributed by atoms with Crippen LogP contribution >= 0.6 is 22.6 Å². The van der Waals surface area contributed by atoms with Gasteiger partial charge < -0.3 is 9.67 Å². The van der Waals surface area contributed by atoms with Crippen molar-refractivity contribution in [3.05, 3.63) is 45.8 Å². The van der Waals surface area contributed by atoms with Gasteiger partial charge in [0.05, 0.1) is 12.3 Å². The molecule has 7 heteroatoms. The van der Waals surface area contributed by atoms with Gasteiger partial charge in [-0.05, 0) is 47.7 Å². The largest absolute Gasteiger partial charge is 0.390 e. The van der Waals surface area contributed by atoms with Crippen molar-refractivity contribution >= 4 is 38.3 Å². The molecule has 5 nitrogen and oxygen atoms in total. The Morgan fingerprint density at radius 2 is 2.05 bits per heavy atom. The summed E-state index contributed by atoms with van der Waals surface area (Å²) in [6.45, 7) is 2.31. The highest BCUT2D eigenvalue weighted by Crippen LogP contribution is 2.22. The van der Waals surface area contributed by atoms with Crippen LogP contribution in [0.5, 0.6) is 0 Å². The average Bonchev–Trinajstić information content (AvgIpc) is 2.85. The molecular weight excluding hydrogens is 391 g/mol. The molecule has 0 aliphatic heterocycles. The van der Waals surface area contributed by atoms with Crippen molar-refractivity contribution in [2.75, 3.05) is 4.72 Å². The first-order valence-corrected chi connectivity index (χ1v) is 8.61. The Balaban J connectivity index is 2.36. The number of nitrogens with zero attached hydrogens (tertiary/aromatic N) is 1. The van der Waals surface area contributed by atoms with Gasteiger partial charge in [0.25, 0.3) is 10.0 Å². The van der Waals surface area contributed by atoms with Gasteiger partial charge in [0.1, 0.15) is 4.90 Å². The van der Waals surface area contributed by atoms with Gasteiger partial charge >= 0.3 is 0 Å². The number of sulfonamides is 1. The number of nitrogens with one attached hydrogen (secondary N) is 1. The number of rotatable bonds is 5. The van der Waals surface area contributed by atoms with Gasteiger partial charge in [0.15, 0.2) is 0 Å². The molecule has 0 unspecified atom stereocenters. The van der Waals surface area contributed by atoms with E-state index in [1.807, 2.05) is 19.1 Å². The minimum Gasteiger partial charge on any atom is -0.390 e. The topological polar surface area (TPSA) is 71.3 Å². The molecule has 2 rings (SSSR count). The van der Waals surface area contributed by atoms with Crippen molar-refractivity contribution in [1.82, 2.24) is 4.57 Å². The van der Waals surface area contributed by atoms with Crippen molar-refractivity contribution in [2.24, 2.45) is 0 Å². The third-order valence-electron chi connectivity index (χ3n) is 2.89. The maximum absolute atomic E-state index is 12.3. The highest BCUT2D eigenvalue weighted by atomic mass is 127. The maximum Gasteiger partial charge on any atom is 0.263 e. The fourth-order valence-electron chi connectivity index (χ4n) is 1.85. The number of benzene rings is 1. The van der Waals surface area contributed by atoms with Gasteiger partial charge in [-0.1, -0.05) is 12.1 Å². The van der Waals surface area contributed by atoms with Crippen LogP contribution in [-0.4, -0.2) is 18.1 Å². The van der Waals surface area contributed by atoms with Crippen molar-refractivity contribution in [3.63, 3.8) is 0 Å². The second-order valence-corrected chi connectivity index (χ2v) is 7.04. The van der Waals surface area contributed by atoms with Crippen LogP contribution in [0.2, 0.25) is 0 Å². The molecule has 0 saturated carbocycles. The normalized spacial score (nSPS) is 11.6. The van der Waals surface area contributed by atoms with Gasteiger partial charge in [-0.15, -0.1) is 0 Å².